The number of hydrogen-bond acceptors (Lipinski definition) is 7. The number of carbonyl (C=O) groups is 3. The molecule has 0 saturated heterocycles. The third kappa shape index (κ3) is 17.5. The Kier molecular flexibility index (Phi) is 18.8. The molecule has 0 radical (unpaired) electrons. The maximum absolute atomic E-state index is 12.0. The van der Waals surface area contributed by atoms with Gasteiger partial charge in [0, 0.05) is 58.2 Å². The summed E-state index contributed by atoms with van der Waals surface area (Å²) in [5.74, 6) is 0.473. The van der Waals surface area contributed by atoms with Crippen molar-refractivity contribution < 1.29 is 33.3 Å². The molecule has 33 heavy (non-hydrogen) atoms. The van der Waals surface area contributed by atoms with Crippen LogP contribution in [-0.4, -0.2) is 75.7 Å². The first-order valence-electron chi connectivity index (χ1n) is 12.0. The van der Waals surface area contributed by atoms with Crippen LogP contribution in [0.3, 0.4) is 0 Å². The molecular formula is C25H43NO7. The van der Waals surface area contributed by atoms with Gasteiger partial charge in [-0.25, -0.2) is 6.57 Å². The molecule has 0 fully saturated rings. The smallest absolute Gasteiger partial charge is 0.232 e. The topological polar surface area (TPSA) is 92.5 Å². The van der Waals surface area contributed by atoms with Crippen molar-refractivity contribution in [3.63, 3.8) is 0 Å². The zero-order valence-corrected chi connectivity index (χ0v) is 21.0. The fraction of sp³-hybridized carbons (Fsp3) is 0.840. The molecule has 0 amide bonds. The van der Waals surface area contributed by atoms with Gasteiger partial charge in [-0.1, -0.05) is 20.8 Å². The molecule has 0 bridgehead atoms. The van der Waals surface area contributed by atoms with Gasteiger partial charge in [-0.2, -0.15) is 0 Å². The maximum Gasteiger partial charge on any atom is 0.232 e. The van der Waals surface area contributed by atoms with Gasteiger partial charge >= 0.3 is 0 Å². The Labute approximate surface area is 199 Å². The van der Waals surface area contributed by atoms with Gasteiger partial charge in [0.2, 0.25) is 5.54 Å². The van der Waals surface area contributed by atoms with Gasteiger partial charge < -0.3 is 23.8 Å². The minimum Gasteiger partial charge on any atom is -0.379 e. The number of nitrogens with zero attached hydrogens (tertiary/aromatic N) is 1. The van der Waals surface area contributed by atoms with Gasteiger partial charge in [0.05, 0.1) is 26.4 Å². The summed E-state index contributed by atoms with van der Waals surface area (Å²) >= 11 is 0. The van der Waals surface area contributed by atoms with Crippen molar-refractivity contribution in [3.8, 4) is 0 Å². The Morgan fingerprint density at radius 1 is 0.758 bits per heavy atom. The number of ketones is 3. The minimum absolute atomic E-state index is 0.0156. The predicted molar refractivity (Wildman–Crippen MR) is 126 cm³/mol. The summed E-state index contributed by atoms with van der Waals surface area (Å²) in [6, 6.07) is 0. The molecule has 0 aliphatic heterocycles. The van der Waals surface area contributed by atoms with Crippen LogP contribution >= 0.6 is 0 Å². The Balaban J connectivity index is 3.49. The van der Waals surface area contributed by atoms with Gasteiger partial charge in [0.15, 0.2) is 11.6 Å². The van der Waals surface area contributed by atoms with Gasteiger partial charge in [-0.05, 0) is 12.8 Å². The first-order valence-corrected chi connectivity index (χ1v) is 12.0. The molecule has 0 saturated carbocycles. The van der Waals surface area contributed by atoms with Crippen molar-refractivity contribution in [1.82, 2.24) is 0 Å². The normalized spacial score (nSPS) is 13.0. The largest absolute Gasteiger partial charge is 0.379 e. The summed E-state index contributed by atoms with van der Waals surface area (Å²) in [7, 11) is 0. The number of carbonyl (C=O) groups excluding carboxylic acids is 3. The zero-order valence-electron chi connectivity index (χ0n) is 21.0. The highest BCUT2D eigenvalue weighted by molar-refractivity contribution is 5.79. The average Bonchev–Trinajstić information content (AvgIpc) is 2.80. The molecule has 0 aromatic heterocycles. The SMILES string of the molecule is [C-]#[N+]C(C)(CCC(=O)CCCOCCOCC(=O)CCCOCCOCC(=O)CC)C(C)C. The van der Waals surface area contributed by atoms with E-state index < -0.39 is 5.54 Å². The van der Waals surface area contributed by atoms with E-state index >= 15 is 0 Å². The fourth-order valence-corrected chi connectivity index (χ4v) is 2.72. The molecule has 0 aliphatic carbocycles. The predicted octanol–water partition coefficient (Wildman–Crippen LogP) is 3.84. The highest BCUT2D eigenvalue weighted by Gasteiger charge is 2.34. The molecule has 0 aromatic rings. The second-order valence-corrected chi connectivity index (χ2v) is 8.63. The van der Waals surface area contributed by atoms with Gasteiger partial charge in [-0.15, -0.1) is 0 Å². The Hall–Kier alpha value is -1.66. The van der Waals surface area contributed by atoms with Crippen molar-refractivity contribution in [2.24, 2.45) is 5.92 Å². The van der Waals surface area contributed by atoms with Crippen LogP contribution in [0.4, 0.5) is 0 Å². The van der Waals surface area contributed by atoms with Crippen LogP contribution in [0, 0.1) is 12.5 Å². The van der Waals surface area contributed by atoms with Crippen LogP contribution in [0.25, 0.3) is 4.85 Å². The van der Waals surface area contributed by atoms with E-state index in [0.717, 1.165) is 0 Å². The van der Waals surface area contributed by atoms with Crippen molar-refractivity contribution in [2.45, 2.75) is 78.2 Å². The van der Waals surface area contributed by atoms with E-state index in [-0.39, 0.29) is 36.5 Å². The summed E-state index contributed by atoms with van der Waals surface area (Å²) in [6.45, 7) is 17.7. The van der Waals surface area contributed by atoms with E-state index in [9.17, 15) is 14.4 Å². The summed E-state index contributed by atoms with van der Waals surface area (Å²) in [5.41, 5.74) is -0.473. The Morgan fingerprint density at radius 3 is 1.73 bits per heavy atom. The second-order valence-electron chi connectivity index (χ2n) is 8.63. The molecule has 1 unspecified atom stereocenters. The van der Waals surface area contributed by atoms with Crippen LogP contribution in [0.15, 0.2) is 0 Å². The molecule has 0 rings (SSSR count). The van der Waals surface area contributed by atoms with E-state index in [1.807, 2.05) is 20.8 Å². The molecule has 0 spiro atoms. The number of ether oxygens (including phenoxy) is 4. The first-order chi connectivity index (χ1) is 15.7. The summed E-state index contributed by atoms with van der Waals surface area (Å²) in [5, 5.41) is 0. The standard InChI is InChI=1S/C25H43NO7/c1-6-22(27)19-32-17-15-31-14-8-10-24(29)20-33-18-16-30-13-7-9-23(28)11-12-25(4,26-5)21(2)3/h21H,6-20H2,1-4H3. The quantitative estimate of drug-likeness (QED) is 0.166. The van der Waals surface area contributed by atoms with Gasteiger partial charge in [-0.3, -0.25) is 14.4 Å². The number of Topliss-reactive ketones (excluding diaryl/α,β-unsaturated/α-hetero) is 3. The summed E-state index contributed by atoms with van der Waals surface area (Å²) < 4.78 is 21.3. The van der Waals surface area contributed by atoms with E-state index in [0.29, 0.717) is 84.6 Å². The minimum atomic E-state index is -0.473. The van der Waals surface area contributed by atoms with E-state index in [4.69, 9.17) is 25.5 Å². The van der Waals surface area contributed by atoms with Crippen LogP contribution in [0.2, 0.25) is 0 Å². The lowest BCUT2D eigenvalue weighted by atomic mass is 9.84. The molecule has 190 valence electrons. The molecule has 8 heteroatoms. The third-order valence-electron chi connectivity index (χ3n) is 5.56. The highest BCUT2D eigenvalue weighted by Crippen LogP contribution is 2.27. The van der Waals surface area contributed by atoms with Crippen LogP contribution in [-0.2, 0) is 33.3 Å². The zero-order chi connectivity index (χ0) is 25.0. The molecular weight excluding hydrogens is 426 g/mol. The molecule has 0 N–H and O–H groups in total. The van der Waals surface area contributed by atoms with Crippen molar-refractivity contribution >= 4 is 17.3 Å². The number of rotatable bonds is 23. The molecule has 0 aromatic carbocycles. The lowest BCUT2D eigenvalue weighted by molar-refractivity contribution is -0.125. The van der Waals surface area contributed by atoms with Crippen LogP contribution < -0.4 is 0 Å². The van der Waals surface area contributed by atoms with E-state index in [1.165, 1.54) is 0 Å². The van der Waals surface area contributed by atoms with E-state index in [1.54, 1.807) is 6.92 Å². The summed E-state index contributed by atoms with van der Waals surface area (Å²) in [6.07, 6.45) is 3.61. The van der Waals surface area contributed by atoms with Crippen molar-refractivity contribution in [1.29, 1.82) is 0 Å². The van der Waals surface area contributed by atoms with Crippen molar-refractivity contribution in [2.75, 3.05) is 52.9 Å². The highest BCUT2D eigenvalue weighted by atomic mass is 16.5. The monoisotopic (exact) mass is 469 g/mol. The Bertz CT molecular complexity index is 600. The lowest BCUT2D eigenvalue weighted by Gasteiger charge is -2.20. The Morgan fingerprint density at radius 2 is 1.24 bits per heavy atom. The van der Waals surface area contributed by atoms with Crippen LogP contribution in [0.5, 0.6) is 0 Å². The molecule has 8 nitrogen and oxygen atoms in total. The average molecular weight is 470 g/mol. The third-order valence-corrected chi connectivity index (χ3v) is 5.56. The summed E-state index contributed by atoms with van der Waals surface area (Å²) in [4.78, 5) is 38.5. The lowest BCUT2D eigenvalue weighted by Crippen LogP contribution is -2.28. The fourth-order valence-electron chi connectivity index (χ4n) is 2.72. The molecule has 0 aliphatic rings. The molecule has 1 atom stereocenters. The van der Waals surface area contributed by atoms with Gasteiger partial charge in [0.1, 0.15) is 19.0 Å². The first kappa shape index (κ1) is 31.3. The van der Waals surface area contributed by atoms with E-state index in [2.05, 4.69) is 4.85 Å². The maximum atomic E-state index is 12.0. The van der Waals surface area contributed by atoms with Gasteiger partial charge in [0.25, 0.3) is 0 Å². The second kappa shape index (κ2) is 19.8. The van der Waals surface area contributed by atoms with Crippen molar-refractivity contribution in [3.05, 3.63) is 11.4 Å². The number of hydrogen-bond donors (Lipinski definition) is 0. The molecule has 0 heterocycles. The van der Waals surface area contributed by atoms with Crippen LogP contribution in [0.1, 0.15) is 72.6 Å².